The fourth-order valence-corrected chi connectivity index (χ4v) is 3.86. The predicted octanol–water partition coefficient (Wildman–Crippen LogP) is 6.20. The monoisotopic (exact) mass is 335 g/mol. The molecule has 0 bridgehead atoms. The Morgan fingerprint density at radius 3 is 1.65 bits per heavy atom. The molecule has 0 saturated carbocycles. The summed E-state index contributed by atoms with van der Waals surface area (Å²) >= 11 is -1.35. The highest BCUT2D eigenvalue weighted by Crippen LogP contribution is 2.36. The molecule has 0 heterocycles. The van der Waals surface area contributed by atoms with Crippen LogP contribution in [-0.4, -0.2) is 10.8 Å². The second-order valence-corrected chi connectivity index (χ2v) is 9.46. The fraction of sp³-hybridized carbons (Fsp3) is 0.650. The van der Waals surface area contributed by atoms with Crippen molar-refractivity contribution < 1.29 is 4.55 Å². The first-order valence-corrected chi connectivity index (χ1v) is 9.69. The molecule has 0 aliphatic rings. The molecule has 23 heavy (non-hydrogen) atoms. The maximum Gasteiger partial charge on any atom is 0.189 e. The van der Waals surface area contributed by atoms with Gasteiger partial charge < -0.3 is 4.55 Å². The molecule has 0 aliphatic heterocycles. The van der Waals surface area contributed by atoms with Gasteiger partial charge >= 0.3 is 0 Å². The largest absolute Gasteiger partial charge is 0.586 e. The lowest BCUT2D eigenvalue weighted by molar-refractivity contribution is 0.585. The fourth-order valence-electron chi connectivity index (χ4n) is 2.35. The molecular formula is C20H33NOS. The number of rotatable bonds is 5. The van der Waals surface area contributed by atoms with Gasteiger partial charge in [0.15, 0.2) is 4.90 Å². The van der Waals surface area contributed by atoms with Crippen molar-refractivity contribution in [1.29, 1.82) is 0 Å². The van der Waals surface area contributed by atoms with Crippen LogP contribution in [-0.2, 0) is 11.4 Å². The Morgan fingerprint density at radius 2 is 1.35 bits per heavy atom. The quantitative estimate of drug-likeness (QED) is 0.466. The summed E-state index contributed by atoms with van der Waals surface area (Å²) in [6.45, 7) is 19.3. The zero-order chi connectivity index (χ0) is 17.9. The second-order valence-electron chi connectivity index (χ2n) is 8.34. The summed E-state index contributed by atoms with van der Waals surface area (Å²) < 4.78 is 17.3. The summed E-state index contributed by atoms with van der Waals surface area (Å²) in [6, 6.07) is 4.45. The van der Waals surface area contributed by atoms with Crippen molar-refractivity contribution in [2.75, 3.05) is 0 Å². The molecule has 2 nitrogen and oxygen atoms in total. The molecule has 3 heteroatoms. The van der Waals surface area contributed by atoms with Gasteiger partial charge in [-0.05, 0) is 23.3 Å². The van der Waals surface area contributed by atoms with Crippen LogP contribution >= 0.6 is 0 Å². The van der Waals surface area contributed by atoms with E-state index in [2.05, 4.69) is 78.8 Å². The van der Waals surface area contributed by atoms with E-state index in [9.17, 15) is 4.55 Å². The van der Waals surface area contributed by atoms with E-state index in [0.717, 1.165) is 4.90 Å². The van der Waals surface area contributed by atoms with Gasteiger partial charge in [-0.15, -0.1) is 0 Å². The molecule has 1 aromatic rings. The zero-order valence-electron chi connectivity index (χ0n) is 16.2. The van der Waals surface area contributed by atoms with Crippen molar-refractivity contribution in [2.45, 2.75) is 85.0 Å². The van der Waals surface area contributed by atoms with E-state index in [1.165, 1.54) is 16.7 Å². The van der Waals surface area contributed by atoms with Gasteiger partial charge in [0.05, 0.1) is 6.21 Å². The van der Waals surface area contributed by atoms with Crippen LogP contribution in [0.3, 0.4) is 0 Å². The minimum absolute atomic E-state index is 0.0660. The van der Waals surface area contributed by atoms with E-state index in [0.29, 0.717) is 17.8 Å². The summed E-state index contributed by atoms with van der Waals surface area (Å²) in [6.07, 6.45) is 1.81. The van der Waals surface area contributed by atoms with Crippen LogP contribution in [0.2, 0.25) is 0 Å². The standard InChI is InChI=1S/C20H33NOS/c1-13(2)16-10-17(14(3)4)19(18(11-16)15(5)6)23(22)21-12-20(7,8)9/h10-15H,1-9H3/b21-12+/t23-/m0/s1. The Labute approximate surface area is 146 Å². The molecule has 1 aromatic carbocycles. The van der Waals surface area contributed by atoms with E-state index in [4.69, 9.17) is 0 Å². The highest BCUT2D eigenvalue weighted by atomic mass is 32.2. The normalized spacial score (nSPS) is 14.5. The average Bonchev–Trinajstić information content (AvgIpc) is 2.42. The molecule has 130 valence electrons. The smallest absolute Gasteiger partial charge is 0.189 e. The van der Waals surface area contributed by atoms with Crippen molar-refractivity contribution >= 4 is 17.6 Å². The highest BCUT2D eigenvalue weighted by Gasteiger charge is 2.26. The molecule has 0 saturated heterocycles. The lowest BCUT2D eigenvalue weighted by Gasteiger charge is -2.21. The van der Waals surface area contributed by atoms with Gasteiger partial charge in [0, 0.05) is 16.5 Å². The molecule has 0 N–H and O–H groups in total. The van der Waals surface area contributed by atoms with E-state index in [1.807, 2.05) is 6.21 Å². The first kappa shape index (κ1) is 20.2. The highest BCUT2D eigenvalue weighted by molar-refractivity contribution is 7.90. The van der Waals surface area contributed by atoms with Gasteiger partial charge in [0.2, 0.25) is 0 Å². The summed E-state index contributed by atoms with van der Waals surface area (Å²) in [7, 11) is 0. The maximum absolute atomic E-state index is 12.9. The molecule has 0 fully saturated rings. The molecule has 0 aliphatic carbocycles. The number of nitrogens with zero attached hydrogens (tertiary/aromatic N) is 1. The lowest BCUT2D eigenvalue weighted by Crippen LogP contribution is -2.13. The minimum atomic E-state index is -1.35. The van der Waals surface area contributed by atoms with Crippen molar-refractivity contribution in [2.24, 2.45) is 9.81 Å². The van der Waals surface area contributed by atoms with Gasteiger partial charge in [-0.2, -0.15) is 0 Å². The predicted molar refractivity (Wildman–Crippen MR) is 103 cm³/mol. The lowest BCUT2D eigenvalue weighted by atomic mass is 9.89. The average molecular weight is 336 g/mol. The topological polar surface area (TPSA) is 35.4 Å². The molecule has 0 spiro atoms. The third kappa shape index (κ3) is 5.65. The Balaban J connectivity index is 3.51. The Kier molecular flexibility index (Phi) is 6.91. The van der Waals surface area contributed by atoms with Gasteiger partial charge in [-0.25, -0.2) is 0 Å². The van der Waals surface area contributed by atoms with Crippen LogP contribution in [0.15, 0.2) is 21.4 Å². The minimum Gasteiger partial charge on any atom is -0.586 e. The zero-order valence-corrected chi connectivity index (χ0v) is 17.0. The van der Waals surface area contributed by atoms with Crippen molar-refractivity contribution in [3.8, 4) is 0 Å². The van der Waals surface area contributed by atoms with Gasteiger partial charge in [0.1, 0.15) is 11.4 Å². The van der Waals surface area contributed by atoms with Gasteiger partial charge in [0.25, 0.3) is 0 Å². The molecular weight excluding hydrogens is 302 g/mol. The van der Waals surface area contributed by atoms with Crippen LogP contribution < -0.4 is 0 Å². The first-order chi connectivity index (χ1) is 10.4. The third-order valence-electron chi connectivity index (χ3n) is 3.79. The molecule has 1 atom stereocenters. The van der Waals surface area contributed by atoms with E-state index >= 15 is 0 Å². The Morgan fingerprint density at radius 1 is 0.913 bits per heavy atom. The molecule has 0 unspecified atom stereocenters. The summed E-state index contributed by atoms with van der Waals surface area (Å²) in [4.78, 5) is 0.917. The third-order valence-corrected chi connectivity index (χ3v) is 4.91. The molecule has 0 amide bonds. The number of hydrogen-bond donors (Lipinski definition) is 0. The molecule has 1 rings (SSSR count). The van der Waals surface area contributed by atoms with Crippen LogP contribution in [0.5, 0.6) is 0 Å². The second kappa shape index (κ2) is 7.85. The first-order valence-electron chi connectivity index (χ1n) is 8.59. The van der Waals surface area contributed by atoms with Gasteiger partial charge in [-0.1, -0.05) is 78.8 Å². The van der Waals surface area contributed by atoms with E-state index < -0.39 is 11.4 Å². The van der Waals surface area contributed by atoms with Crippen molar-refractivity contribution in [3.05, 3.63) is 28.8 Å². The van der Waals surface area contributed by atoms with E-state index in [-0.39, 0.29) is 5.41 Å². The van der Waals surface area contributed by atoms with Crippen molar-refractivity contribution in [1.82, 2.24) is 0 Å². The molecule has 0 aromatic heterocycles. The Bertz CT molecular complexity index is 524. The molecule has 0 radical (unpaired) electrons. The number of hydrogen-bond acceptors (Lipinski definition) is 2. The van der Waals surface area contributed by atoms with Crippen LogP contribution in [0.4, 0.5) is 0 Å². The SMILES string of the molecule is CC(C)c1cc(C(C)C)c([S@+]([O-])/N=C/C(C)(C)C)c(C(C)C)c1. The van der Waals surface area contributed by atoms with Crippen LogP contribution in [0, 0.1) is 5.41 Å². The van der Waals surface area contributed by atoms with Crippen LogP contribution in [0.25, 0.3) is 0 Å². The summed E-state index contributed by atoms with van der Waals surface area (Å²) in [5.74, 6) is 1.12. The Hall–Kier alpha value is -0.800. The summed E-state index contributed by atoms with van der Waals surface area (Å²) in [5.41, 5.74) is 3.59. The number of benzene rings is 1. The van der Waals surface area contributed by atoms with Crippen LogP contribution in [0.1, 0.15) is 96.8 Å². The maximum atomic E-state index is 12.9. The van der Waals surface area contributed by atoms with Crippen molar-refractivity contribution in [3.63, 3.8) is 0 Å². The van der Waals surface area contributed by atoms with E-state index in [1.54, 1.807) is 0 Å². The summed E-state index contributed by atoms with van der Waals surface area (Å²) in [5, 5.41) is 0. The van der Waals surface area contributed by atoms with Gasteiger partial charge in [-0.3, -0.25) is 0 Å².